The lowest BCUT2D eigenvalue weighted by Crippen LogP contribution is -2.16. The van der Waals surface area contributed by atoms with Gasteiger partial charge < -0.3 is 4.74 Å². The summed E-state index contributed by atoms with van der Waals surface area (Å²) in [6.07, 6.45) is 1.54. The molecule has 0 saturated heterocycles. The highest BCUT2D eigenvalue weighted by Crippen LogP contribution is 2.35. The van der Waals surface area contributed by atoms with E-state index in [0.29, 0.717) is 21.7 Å². The van der Waals surface area contributed by atoms with Crippen LogP contribution in [-0.2, 0) is 6.54 Å². The Balaban J connectivity index is 1.96. The molecule has 1 aromatic carbocycles. The van der Waals surface area contributed by atoms with Gasteiger partial charge in [-0.1, -0.05) is 26.0 Å². The molecule has 2 heterocycles. The second-order valence-corrected chi connectivity index (χ2v) is 7.44. The minimum absolute atomic E-state index is 0.101. The predicted octanol–water partition coefficient (Wildman–Crippen LogP) is 4.30. The number of benzene rings is 1. The monoisotopic (exact) mass is 385 g/mol. The lowest BCUT2D eigenvalue weighted by molar-refractivity contribution is 0.327. The average Bonchev–Trinajstić information content (AvgIpc) is 2.92. The molecule has 0 aliphatic rings. The van der Waals surface area contributed by atoms with Crippen molar-refractivity contribution in [3.8, 4) is 17.7 Å². The molecule has 24 heavy (non-hydrogen) atoms. The summed E-state index contributed by atoms with van der Waals surface area (Å²) >= 11 is 3.53. The lowest BCUT2D eigenvalue weighted by atomic mass is 9.97. The summed E-state index contributed by atoms with van der Waals surface area (Å²) in [6.45, 7) is 7.23. The third-order valence-corrected chi connectivity index (χ3v) is 4.06. The van der Waals surface area contributed by atoms with Crippen molar-refractivity contribution in [3.63, 3.8) is 0 Å². The molecular weight excluding hydrogens is 370 g/mol. The molecule has 0 spiro atoms. The molecule has 6 nitrogen and oxygen atoms in total. The van der Waals surface area contributed by atoms with Crippen molar-refractivity contribution < 1.29 is 4.74 Å². The van der Waals surface area contributed by atoms with Crippen LogP contribution in [0.15, 0.2) is 34.9 Å². The highest BCUT2D eigenvalue weighted by Gasteiger charge is 2.17. The molecule has 0 aliphatic heterocycles. The van der Waals surface area contributed by atoms with Crippen LogP contribution in [0.4, 0.5) is 0 Å². The van der Waals surface area contributed by atoms with E-state index in [1.54, 1.807) is 18.3 Å². The minimum Gasteiger partial charge on any atom is -0.438 e. The molecule has 0 unspecified atom stereocenters. The number of pyridine rings is 1. The molecule has 7 heteroatoms. The van der Waals surface area contributed by atoms with Crippen LogP contribution in [-0.4, -0.2) is 20.0 Å². The van der Waals surface area contributed by atoms with Crippen LogP contribution in [0.25, 0.3) is 11.0 Å². The minimum atomic E-state index is 0.101. The van der Waals surface area contributed by atoms with Gasteiger partial charge in [-0.15, -0.1) is 5.10 Å². The van der Waals surface area contributed by atoms with Crippen molar-refractivity contribution in [1.29, 1.82) is 5.26 Å². The van der Waals surface area contributed by atoms with E-state index in [9.17, 15) is 0 Å². The standard InChI is InChI=1S/C17H16BrN5O/c1-17(2,3)10-23-12-4-5-13(15(18)16(12)21-22-23)24-14-8-11(9-19)6-7-20-14/h4-8H,10H2,1-3H3. The maximum Gasteiger partial charge on any atom is 0.220 e. The van der Waals surface area contributed by atoms with E-state index in [0.717, 1.165) is 17.6 Å². The number of nitrogens with zero attached hydrogens (tertiary/aromatic N) is 5. The van der Waals surface area contributed by atoms with Gasteiger partial charge in [0.25, 0.3) is 0 Å². The molecule has 3 aromatic rings. The summed E-state index contributed by atoms with van der Waals surface area (Å²) in [5.74, 6) is 0.934. The van der Waals surface area contributed by atoms with Gasteiger partial charge in [0.1, 0.15) is 11.3 Å². The van der Waals surface area contributed by atoms with Gasteiger partial charge in [-0.05, 0) is 39.5 Å². The van der Waals surface area contributed by atoms with Crippen LogP contribution in [0.2, 0.25) is 0 Å². The van der Waals surface area contributed by atoms with Crippen LogP contribution >= 0.6 is 15.9 Å². The Morgan fingerprint density at radius 3 is 2.79 bits per heavy atom. The zero-order valence-corrected chi connectivity index (χ0v) is 15.2. The average molecular weight is 386 g/mol. The number of hydrogen-bond acceptors (Lipinski definition) is 5. The Bertz CT molecular complexity index is 936. The molecule has 0 atom stereocenters. The first-order valence-electron chi connectivity index (χ1n) is 7.43. The maximum absolute atomic E-state index is 8.96. The summed E-state index contributed by atoms with van der Waals surface area (Å²) in [5.41, 5.74) is 2.26. The lowest BCUT2D eigenvalue weighted by Gasteiger charge is -2.17. The number of halogens is 1. The van der Waals surface area contributed by atoms with Gasteiger partial charge in [0.2, 0.25) is 5.88 Å². The van der Waals surface area contributed by atoms with Gasteiger partial charge in [0.05, 0.1) is 21.6 Å². The van der Waals surface area contributed by atoms with Crippen LogP contribution in [0, 0.1) is 16.7 Å². The first kappa shape index (κ1) is 16.4. The number of aromatic nitrogens is 4. The van der Waals surface area contributed by atoms with E-state index in [1.807, 2.05) is 16.8 Å². The molecule has 122 valence electrons. The van der Waals surface area contributed by atoms with E-state index < -0.39 is 0 Å². The van der Waals surface area contributed by atoms with Gasteiger partial charge in [0, 0.05) is 18.8 Å². The fraction of sp³-hybridized carbons (Fsp3) is 0.294. The van der Waals surface area contributed by atoms with Gasteiger partial charge in [-0.3, -0.25) is 0 Å². The first-order valence-corrected chi connectivity index (χ1v) is 8.22. The molecule has 3 rings (SSSR count). The molecule has 0 aliphatic carbocycles. The quantitative estimate of drug-likeness (QED) is 0.671. The topological polar surface area (TPSA) is 76.6 Å². The van der Waals surface area contributed by atoms with Crippen molar-refractivity contribution >= 4 is 27.0 Å². The van der Waals surface area contributed by atoms with E-state index in [-0.39, 0.29) is 5.41 Å². The predicted molar refractivity (Wildman–Crippen MR) is 93.7 cm³/mol. The van der Waals surface area contributed by atoms with Gasteiger partial charge in [-0.25, -0.2) is 9.67 Å². The largest absolute Gasteiger partial charge is 0.438 e. The fourth-order valence-corrected chi connectivity index (χ4v) is 2.77. The summed E-state index contributed by atoms with van der Waals surface area (Å²) < 4.78 is 8.38. The van der Waals surface area contributed by atoms with Gasteiger partial charge >= 0.3 is 0 Å². The van der Waals surface area contributed by atoms with Crippen LogP contribution in [0.1, 0.15) is 26.3 Å². The maximum atomic E-state index is 8.96. The number of ether oxygens (including phenoxy) is 1. The molecule has 0 saturated carbocycles. The number of rotatable bonds is 3. The Morgan fingerprint density at radius 2 is 2.08 bits per heavy atom. The van der Waals surface area contributed by atoms with E-state index in [2.05, 4.69) is 58.1 Å². The Kier molecular flexibility index (Phi) is 4.24. The van der Waals surface area contributed by atoms with Crippen molar-refractivity contribution in [2.75, 3.05) is 0 Å². The molecule has 0 N–H and O–H groups in total. The van der Waals surface area contributed by atoms with Gasteiger partial charge in [-0.2, -0.15) is 5.26 Å². The summed E-state index contributed by atoms with van der Waals surface area (Å²) in [6, 6.07) is 9.05. The number of nitriles is 1. The SMILES string of the molecule is CC(C)(C)Cn1nnc2c(Br)c(Oc3cc(C#N)ccn3)ccc21. The molecule has 0 fully saturated rings. The Labute approximate surface area is 148 Å². The fourth-order valence-electron chi connectivity index (χ4n) is 2.28. The smallest absolute Gasteiger partial charge is 0.220 e. The van der Waals surface area contributed by atoms with Crippen molar-refractivity contribution in [2.24, 2.45) is 5.41 Å². The molecule has 0 radical (unpaired) electrons. The van der Waals surface area contributed by atoms with E-state index in [4.69, 9.17) is 10.00 Å². The van der Waals surface area contributed by atoms with Crippen LogP contribution < -0.4 is 4.74 Å². The zero-order valence-electron chi connectivity index (χ0n) is 13.6. The van der Waals surface area contributed by atoms with Crippen molar-refractivity contribution in [2.45, 2.75) is 27.3 Å². The highest BCUT2D eigenvalue weighted by atomic mass is 79.9. The van der Waals surface area contributed by atoms with Crippen molar-refractivity contribution in [1.82, 2.24) is 20.0 Å². The summed E-state index contributed by atoms with van der Waals surface area (Å²) in [4.78, 5) is 4.12. The van der Waals surface area contributed by atoms with Crippen LogP contribution in [0.3, 0.4) is 0 Å². The summed E-state index contributed by atoms with van der Waals surface area (Å²) in [7, 11) is 0. The van der Waals surface area contributed by atoms with E-state index in [1.165, 1.54) is 0 Å². The molecule has 2 aromatic heterocycles. The molecular formula is C17H16BrN5O. The number of fused-ring (bicyclic) bond motifs is 1. The van der Waals surface area contributed by atoms with Gasteiger partial charge in [0.15, 0.2) is 0 Å². The third-order valence-electron chi connectivity index (χ3n) is 3.29. The van der Waals surface area contributed by atoms with Crippen LogP contribution in [0.5, 0.6) is 11.6 Å². The molecule has 0 amide bonds. The second-order valence-electron chi connectivity index (χ2n) is 6.65. The third kappa shape index (κ3) is 3.39. The summed E-state index contributed by atoms with van der Waals surface area (Å²) in [5, 5.41) is 17.4. The number of hydrogen-bond donors (Lipinski definition) is 0. The molecule has 0 bridgehead atoms. The normalized spacial score (nSPS) is 11.5. The second kappa shape index (κ2) is 6.21. The van der Waals surface area contributed by atoms with Crippen molar-refractivity contribution in [3.05, 3.63) is 40.5 Å². The Hall–Kier alpha value is -2.46. The first-order chi connectivity index (χ1) is 11.4. The Morgan fingerprint density at radius 1 is 1.29 bits per heavy atom. The van der Waals surface area contributed by atoms with E-state index >= 15 is 0 Å². The zero-order chi connectivity index (χ0) is 17.3. The highest BCUT2D eigenvalue weighted by molar-refractivity contribution is 9.10.